The molecule has 3 heterocycles. The molecule has 0 unspecified atom stereocenters. The van der Waals surface area contributed by atoms with Crippen LogP contribution in [0.15, 0.2) is 29.9 Å². The second kappa shape index (κ2) is 7.56. The number of anilines is 1. The average molecular weight is 381 g/mol. The molecule has 0 spiro atoms. The first-order valence-electron chi connectivity index (χ1n) is 9.72. The SMILES string of the molecule is Cc1ccc(-c2csc3ncnc(N4CCC(CN(C)C)CC4)c23)cc1C. The Bertz CT molecular complexity index is 939. The number of rotatable bonds is 4. The van der Waals surface area contributed by atoms with Gasteiger partial charge in [-0.3, -0.25) is 0 Å². The van der Waals surface area contributed by atoms with Crippen molar-refractivity contribution in [3.05, 3.63) is 41.0 Å². The second-order valence-corrected chi connectivity index (χ2v) is 8.88. The second-order valence-electron chi connectivity index (χ2n) is 8.02. The van der Waals surface area contributed by atoms with Crippen LogP contribution in [0.2, 0.25) is 0 Å². The van der Waals surface area contributed by atoms with Crippen LogP contribution in [0, 0.1) is 19.8 Å². The van der Waals surface area contributed by atoms with E-state index in [1.54, 1.807) is 17.7 Å². The van der Waals surface area contributed by atoms with Crippen LogP contribution >= 0.6 is 11.3 Å². The molecule has 0 amide bonds. The van der Waals surface area contributed by atoms with Gasteiger partial charge in [0.05, 0.1) is 5.39 Å². The van der Waals surface area contributed by atoms with Gasteiger partial charge in [0.25, 0.3) is 0 Å². The van der Waals surface area contributed by atoms with E-state index in [0.717, 1.165) is 29.7 Å². The summed E-state index contributed by atoms with van der Waals surface area (Å²) in [6.07, 6.45) is 4.18. The van der Waals surface area contributed by atoms with E-state index in [1.807, 2.05) is 0 Å². The van der Waals surface area contributed by atoms with Crippen molar-refractivity contribution < 1.29 is 0 Å². The van der Waals surface area contributed by atoms with E-state index in [1.165, 1.54) is 47.0 Å². The summed E-state index contributed by atoms with van der Waals surface area (Å²) in [6.45, 7) is 7.68. The zero-order valence-corrected chi connectivity index (χ0v) is 17.5. The summed E-state index contributed by atoms with van der Waals surface area (Å²) in [5.74, 6) is 1.90. The molecule has 0 bridgehead atoms. The Kier molecular flexibility index (Phi) is 5.15. The highest BCUT2D eigenvalue weighted by atomic mass is 32.1. The van der Waals surface area contributed by atoms with Crippen LogP contribution in [0.5, 0.6) is 0 Å². The molecule has 1 aromatic carbocycles. The molecule has 0 radical (unpaired) electrons. The van der Waals surface area contributed by atoms with Crippen LogP contribution in [0.25, 0.3) is 21.3 Å². The lowest BCUT2D eigenvalue weighted by Gasteiger charge is -2.34. The third-order valence-electron chi connectivity index (χ3n) is 5.71. The molecule has 5 heteroatoms. The van der Waals surface area contributed by atoms with Gasteiger partial charge >= 0.3 is 0 Å². The fourth-order valence-electron chi connectivity index (χ4n) is 4.06. The van der Waals surface area contributed by atoms with Gasteiger partial charge in [0.1, 0.15) is 17.0 Å². The van der Waals surface area contributed by atoms with E-state index in [4.69, 9.17) is 4.98 Å². The van der Waals surface area contributed by atoms with E-state index < -0.39 is 0 Å². The predicted molar refractivity (Wildman–Crippen MR) is 116 cm³/mol. The molecule has 3 aromatic rings. The molecular formula is C22H28N4S. The third-order valence-corrected chi connectivity index (χ3v) is 6.59. The molecule has 4 rings (SSSR count). The summed E-state index contributed by atoms with van der Waals surface area (Å²) in [6, 6.07) is 6.73. The van der Waals surface area contributed by atoms with Crippen LogP contribution in [0.3, 0.4) is 0 Å². The monoisotopic (exact) mass is 380 g/mol. The van der Waals surface area contributed by atoms with Crippen molar-refractivity contribution in [2.45, 2.75) is 26.7 Å². The van der Waals surface area contributed by atoms with Crippen molar-refractivity contribution in [1.29, 1.82) is 0 Å². The number of nitrogens with zero attached hydrogens (tertiary/aromatic N) is 4. The van der Waals surface area contributed by atoms with Gasteiger partial charge in [-0.05, 0) is 63.4 Å². The number of benzene rings is 1. The number of hydrogen-bond acceptors (Lipinski definition) is 5. The first kappa shape index (κ1) is 18.4. The molecule has 1 saturated heterocycles. The van der Waals surface area contributed by atoms with Gasteiger partial charge in [-0.1, -0.05) is 18.2 Å². The van der Waals surface area contributed by atoms with Crippen LogP contribution in [-0.2, 0) is 0 Å². The standard InChI is InChI=1S/C22H28N4S/c1-15-5-6-18(11-16(15)2)19-13-27-22-20(19)21(23-14-24-22)26-9-7-17(8-10-26)12-25(3)4/h5-6,11,13-14,17H,7-10,12H2,1-4H3. The minimum absolute atomic E-state index is 0.787. The van der Waals surface area contributed by atoms with E-state index in [9.17, 15) is 0 Å². The van der Waals surface area contributed by atoms with Crippen molar-refractivity contribution in [3.63, 3.8) is 0 Å². The van der Waals surface area contributed by atoms with Gasteiger partial charge in [0.2, 0.25) is 0 Å². The molecule has 0 saturated carbocycles. The number of aryl methyl sites for hydroxylation is 2. The number of fused-ring (bicyclic) bond motifs is 1. The first-order valence-corrected chi connectivity index (χ1v) is 10.6. The zero-order chi connectivity index (χ0) is 19.0. The van der Waals surface area contributed by atoms with Crippen molar-refractivity contribution in [3.8, 4) is 11.1 Å². The molecular weight excluding hydrogens is 352 g/mol. The molecule has 4 nitrogen and oxygen atoms in total. The minimum Gasteiger partial charge on any atom is -0.356 e. The van der Waals surface area contributed by atoms with Gasteiger partial charge in [-0.15, -0.1) is 11.3 Å². The van der Waals surface area contributed by atoms with Crippen LogP contribution in [-0.4, -0.2) is 48.6 Å². The Morgan fingerprint density at radius 3 is 2.59 bits per heavy atom. The number of aromatic nitrogens is 2. The Morgan fingerprint density at radius 1 is 1.11 bits per heavy atom. The van der Waals surface area contributed by atoms with E-state index in [-0.39, 0.29) is 0 Å². The van der Waals surface area contributed by atoms with Gasteiger partial charge in [-0.2, -0.15) is 0 Å². The van der Waals surface area contributed by atoms with Crippen molar-refractivity contribution in [2.75, 3.05) is 38.6 Å². The highest BCUT2D eigenvalue weighted by molar-refractivity contribution is 7.17. The van der Waals surface area contributed by atoms with Crippen LogP contribution in [0.4, 0.5) is 5.82 Å². The first-order chi connectivity index (χ1) is 13.0. The normalized spacial score (nSPS) is 15.8. The lowest BCUT2D eigenvalue weighted by atomic mass is 9.96. The Balaban J connectivity index is 1.68. The van der Waals surface area contributed by atoms with E-state index >= 15 is 0 Å². The molecule has 0 N–H and O–H groups in total. The summed E-state index contributed by atoms with van der Waals surface area (Å²) >= 11 is 1.72. The van der Waals surface area contributed by atoms with Crippen molar-refractivity contribution >= 4 is 27.4 Å². The molecule has 0 aliphatic carbocycles. The molecule has 1 fully saturated rings. The smallest absolute Gasteiger partial charge is 0.141 e. The molecule has 0 atom stereocenters. The third kappa shape index (κ3) is 3.71. The zero-order valence-electron chi connectivity index (χ0n) is 16.7. The maximum atomic E-state index is 4.73. The average Bonchev–Trinajstić information content (AvgIpc) is 3.08. The molecule has 1 aliphatic rings. The topological polar surface area (TPSA) is 32.3 Å². The summed E-state index contributed by atoms with van der Waals surface area (Å²) in [7, 11) is 4.34. The number of piperidine rings is 1. The summed E-state index contributed by atoms with van der Waals surface area (Å²) in [4.78, 5) is 15.1. The van der Waals surface area contributed by atoms with Gasteiger partial charge in [0, 0.05) is 30.6 Å². The summed E-state index contributed by atoms with van der Waals surface area (Å²) in [5, 5.41) is 3.46. The fourth-order valence-corrected chi connectivity index (χ4v) is 4.97. The fraction of sp³-hybridized carbons (Fsp3) is 0.455. The van der Waals surface area contributed by atoms with Gasteiger partial charge < -0.3 is 9.80 Å². The van der Waals surface area contributed by atoms with E-state index in [2.05, 4.69) is 66.3 Å². The van der Waals surface area contributed by atoms with Crippen LogP contribution < -0.4 is 4.90 Å². The Hall–Kier alpha value is -1.98. The highest BCUT2D eigenvalue weighted by Crippen LogP contribution is 2.39. The molecule has 2 aromatic heterocycles. The van der Waals surface area contributed by atoms with Gasteiger partial charge in [-0.25, -0.2) is 9.97 Å². The lowest BCUT2D eigenvalue weighted by molar-refractivity contribution is 0.285. The number of hydrogen-bond donors (Lipinski definition) is 0. The molecule has 27 heavy (non-hydrogen) atoms. The quantitative estimate of drug-likeness (QED) is 0.654. The summed E-state index contributed by atoms with van der Waals surface area (Å²) < 4.78 is 0. The van der Waals surface area contributed by atoms with Gasteiger partial charge in [0.15, 0.2) is 0 Å². The highest BCUT2D eigenvalue weighted by Gasteiger charge is 2.24. The largest absolute Gasteiger partial charge is 0.356 e. The molecule has 142 valence electrons. The maximum Gasteiger partial charge on any atom is 0.141 e. The van der Waals surface area contributed by atoms with E-state index in [0.29, 0.717) is 0 Å². The summed E-state index contributed by atoms with van der Waals surface area (Å²) in [5.41, 5.74) is 5.19. The maximum absolute atomic E-state index is 4.73. The predicted octanol–water partition coefficient (Wildman–Crippen LogP) is 4.75. The molecule has 1 aliphatic heterocycles. The van der Waals surface area contributed by atoms with Crippen molar-refractivity contribution in [2.24, 2.45) is 5.92 Å². The van der Waals surface area contributed by atoms with Crippen molar-refractivity contribution in [1.82, 2.24) is 14.9 Å². The Labute approximate surface area is 165 Å². The Morgan fingerprint density at radius 2 is 1.89 bits per heavy atom. The van der Waals surface area contributed by atoms with Crippen LogP contribution in [0.1, 0.15) is 24.0 Å². The lowest BCUT2D eigenvalue weighted by Crippen LogP contribution is -2.37. The number of thiophene rings is 1. The minimum atomic E-state index is 0.787.